The van der Waals surface area contributed by atoms with Crippen molar-refractivity contribution in [1.29, 1.82) is 0 Å². The Morgan fingerprint density at radius 1 is 1.25 bits per heavy atom. The van der Waals surface area contributed by atoms with Gasteiger partial charge in [0.1, 0.15) is 5.75 Å². The highest BCUT2D eigenvalue weighted by molar-refractivity contribution is 5.32. The third-order valence-electron chi connectivity index (χ3n) is 4.29. The summed E-state index contributed by atoms with van der Waals surface area (Å²) in [5, 5.41) is 0. The Hall–Kier alpha value is -1.06. The molecule has 1 saturated carbocycles. The van der Waals surface area contributed by atoms with Gasteiger partial charge in [0.2, 0.25) is 0 Å². The van der Waals surface area contributed by atoms with E-state index in [1.807, 2.05) is 24.3 Å². The molecule has 20 heavy (non-hydrogen) atoms. The summed E-state index contributed by atoms with van der Waals surface area (Å²) in [5.74, 6) is 0.943. The SMILES string of the molecule is CCN(CCCOc1ccccc1CN)C1CCCC1. The summed E-state index contributed by atoms with van der Waals surface area (Å²) in [4.78, 5) is 2.62. The molecule has 0 amide bonds. The van der Waals surface area contributed by atoms with Crippen LogP contribution < -0.4 is 10.5 Å². The molecule has 0 aliphatic heterocycles. The Morgan fingerprint density at radius 3 is 2.70 bits per heavy atom. The fourth-order valence-corrected chi connectivity index (χ4v) is 3.13. The van der Waals surface area contributed by atoms with Gasteiger partial charge >= 0.3 is 0 Å². The average molecular weight is 276 g/mol. The van der Waals surface area contributed by atoms with E-state index in [0.717, 1.165) is 43.5 Å². The molecule has 0 saturated heterocycles. The van der Waals surface area contributed by atoms with E-state index in [1.165, 1.54) is 25.7 Å². The van der Waals surface area contributed by atoms with Crippen LogP contribution in [-0.2, 0) is 6.54 Å². The maximum absolute atomic E-state index is 5.88. The molecule has 0 unspecified atom stereocenters. The third-order valence-corrected chi connectivity index (χ3v) is 4.29. The quantitative estimate of drug-likeness (QED) is 0.741. The van der Waals surface area contributed by atoms with Crippen molar-refractivity contribution in [2.75, 3.05) is 19.7 Å². The summed E-state index contributed by atoms with van der Waals surface area (Å²) in [5.41, 5.74) is 6.81. The summed E-state index contributed by atoms with van der Waals surface area (Å²) < 4.78 is 5.88. The van der Waals surface area contributed by atoms with Crippen LogP contribution in [0.5, 0.6) is 5.75 Å². The molecule has 1 aromatic rings. The highest BCUT2D eigenvalue weighted by Crippen LogP contribution is 2.23. The van der Waals surface area contributed by atoms with E-state index in [2.05, 4.69) is 11.8 Å². The van der Waals surface area contributed by atoms with Crippen LogP contribution >= 0.6 is 0 Å². The van der Waals surface area contributed by atoms with Gasteiger partial charge in [0.15, 0.2) is 0 Å². The van der Waals surface area contributed by atoms with Gasteiger partial charge in [-0.05, 0) is 31.9 Å². The maximum Gasteiger partial charge on any atom is 0.123 e. The van der Waals surface area contributed by atoms with Crippen LogP contribution in [-0.4, -0.2) is 30.6 Å². The Kier molecular flexibility index (Phi) is 6.34. The second-order valence-electron chi connectivity index (χ2n) is 5.58. The molecule has 1 aliphatic rings. The second-order valence-corrected chi connectivity index (χ2v) is 5.58. The first kappa shape index (κ1) is 15.3. The minimum atomic E-state index is 0.541. The fraction of sp³-hybridized carbons (Fsp3) is 0.647. The van der Waals surface area contributed by atoms with Crippen molar-refractivity contribution in [3.8, 4) is 5.75 Å². The standard InChI is InChI=1S/C17H28N2O/c1-2-19(16-9-4-5-10-16)12-7-13-20-17-11-6-3-8-15(17)14-18/h3,6,8,11,16H,2,4-5,7,9-10,12-14,18H2,1H3. The molecule has 0 aromatic heterocycles. The number of ether oxygens (including phenoxy) is 1. The van der Waals surface area contributed by atoms with Gasteiger partial charge in [-0.2, -0.15) is 0 Å². The molecule has 3 nitrogen and oxygen atoms in total. The lowest BCUT2D eigenvalue weighted by Gasteiger charge is -2.27. The van der Waals surface area contributed by atoms with Crippen molar-refractivity contribution in [3.63, 3.8) is 0 Å². The topological polar surface area (TPSA) is 38.5 Å². The highest BCUT2D eigenvalue weighted by Gasteiger charge is 2.20. The summed E-state index contributed by atoms with van der Waals surface area (Å²) in [6.45, 7) is 5.89. The molecule has 1 fully saturated rings. The van der Waals surface area contributed by atoms with Gasteiger partial charge in [-0.3, -0.25) is 0 Å². The zero-order chi connectivity index (χ0) is 14.2. The first-order chi connectivity index (χ1) is 9.85. The molecule has 0 bridgehead atoms. The van der Waals surface area contributed by atoms with Gasteiger partial charge in [-0.25, -0.2) is 0 Å². The molecule has 0 atom stereocenters. The van der Waals surface area contributed by atoms with Crippen LogP contribution in [0.2, 0.25) is 0 Å². The molecule has 0 spiro atoms. The van der Waals surface area contributed by atoms with E-state index in [9.17, 15) is 0 Å². The molecular formula is C17H28N2O. The van der Waals surface area contributed by atoms with Crippen LogP contribution in [0.25, 0.3) is 0 Å². The molecule has 2 N–H and O–H groups in total. The van der Waals surface area contributed by atoms with Crippen molar-refractivity contribution in [3.05, 3.63) is 29.8 Å². The zero-order valence-electron chi connectivity index (χ0n) is 12.7. The van der Waals surface area contributed by atoms with Gasteiger partial charge in [0, 0.05) is 24.7 Å². The van der Waals surface area contributed by atoms with E-state index in [1.54, 1.807) is 0 Å². The minimum absolute atomic E-state index is 0.541. The second kappa shape index (κ2) is 8.28. The average Bonchev–Trinajstić information content (AvgIpc) is 3.02. The first-order valence-electron chi connectivity index (χ1n) is 8.00. The lowest BCUT2D eigenvalue weighted by molar-refractivity contribution is 0.188. The summed E-state index contributed by atoms with van der Waals surface area (Å²) in [6.07, 6.45) is 6.65. The summed E-state index contributed by atoms with van der Waals surface area (Å²) >= 11 is 0. The van der Waals surface area contributed by atoms with Gasteiger partial charge in [0.25, 0.3) is 0 Å². The van der Waals surface area contributed by atoms with E-state index in [0.29, 0.717) is 6.54 Å². The number of benzene rings is 1. The number of nitrogens with two attached hydrogens (primary N) is 1. The van der Waals surface area contributed by atoms with Crippen LogP contribution in [0.1, 0.15) is 44.6 Å². The minimum Gasteiger partial charge on any atom is -0.493 e. The molecule has 0 heterocycles. The van der Waals surface area contributed by atoms with Crippen LogP contribution in [0.3, 0.4) is 0 Å². The summed E-state index contributed by atoms with van der Waals surface area (Å²) in [7, 11) is 0. The smallest absolute Gasteiger partial charge is 0.123 e. The Bertz CT molecular complexity index is 388. The molecule has 1 aliphatic carbocycles. The van der Waals surface area contributed by atoms with Crippen LogP contribution in [0.4, 0.5) is 0 Å². The molecular weight excluding hydrogens is 248 g/mol. The van der Waals surface area contributed by atoms with Crippen LogP contribution in [0.15, 0.2) is 24.3 Å². The first-order valence-corrected chi connectivity index (χ1v) is 8.00. The zero-order valence-corrected chi connectivity index (χ0v) is 12.7. The molecule has 2 rings (SSSR count). The largest absolute Gasteiger partial charge is 0.493 e. The Balaban J connectivity index is 1.72. The van der Waals surface area contributed by atoms with E-state index in [4.69, 9.17) is 10.5 Å². The number of hydrogen-bond donors (Lipinski definition) is 1. The van der Waals surface area contributed by atoms with Crippen molar-refractivity contribution in [2.24, 2.45) is 5.73 Å². The van der Waals surface area contributed by atoms with Crippen LogP contribution in [0, 0.1) is 0 Å². The Labute approximate surface area is 123 Å². The van der Waals surface area contributed by atoms with Gasteiger partial charge in [-0.1, -0.05) is 38.0 Å². The van der Waals surface area contributed by atoms with Gasteiger partial charge < -0.3 is 15.4 Å². The normalized spacial score (nSPS) is 15.9. The van der Waals surface area contributed by atoms with E-state index >= 15 is 0 Å². The number of para-hydroxylation sites is 1. The molecule has 3 heteroatoms. The highest BCUT2D eigenvalue weighted by atomic mass is 16.5. The number of rotatable bonds is 8. The maximum atomic E-state index is 5.88. The predicted octanol–water partition coefficient (Wildman–Crippen LogP) is 3.18. The Morgan fingerprint density at radius 2 is 2.00 bits per heavy atom. The summed E-state index contributed by atoms with van der Waals surface area (Å²) in [6, 6.07) is 8.87. The lowest BCUT2D eigenvalue weighted by Crippen LogP contribution is -2.34. The van der Waals surface area contributed by atoms with E-state index < -0.39 is 0 Å². The molecule has 0 radical (unpaired) electrons. The molecule has 1 aromatic carbocycles. The van der Waals surface area contributed by atoms with Gasteiger partial charge in [0.05, 0.1) is 6.61 Å². The van der Waals surface area contributed by atoms with Crippen molar-refractivity contribution in [2.45, 2.75) is 51.6 Å². The molecule has 112 valence electrons. The fourth-order valence-electron chi connectivity index (χ4n) is 3.13. The predicted molar refractivity (Wildman–Crippen MR) is 83.9 cm³/mol. The lowest BCUT2D eigenvalue weighted by atomic mass is 10.2. The third kappa shape index (κ3) is 4.22. The van der Waals surface area contributed by atoms with Gasteiger partial charge in [-0.15, -0.1) is 0 Å². The van der Waals surface area contributed by atoms with E-state index in [-0.39, 0.29) is 0 Å². The number of nitrogens with zero attached hydrogens (tertiary/aromatic N) is 1. The van der Waals surface area contributed by atoms with Crippen molar-refractivity contribution in [1.82, 2.24) is 4.90 Å². The van der Waals surface area contributed by atoms with Crippen molar-refractivity contribution >= 4 is 0 Å². The van der Waals surface area contributed by atoms with Crippen molar-refractivity contribution < 1.29 is 4.74 Å². The number of hydrogen-bond acceptors (Lipinski definition) is 3. The monoisotopic (exact) mass is 276 g/mol.